The minimum atomic E-state index is -0.163. The summed E-state index contributed by atoms with van der Waals surface area (Å²) >= 11 is 19.2. The normalized spacial score (nSPS) is 15.8. The van der Waals surface area contributed by atoms with Crippen molar-refractivity contribution in [1.82, 2.24) is 5.32 Å². The van der Waals surface area contributed by atoms with Crippen LogP contribution in [0.2, 0.25) is 10.0 Å². The van der Waals surface area contributed by atoms with Crippen LogP contribution in [0.15, 0.2) is 62.9 Å². The van der Waals surface area contributed by atoms with Crippen molar-refractivity contribution >= 4 is 96.3 Å². The quantitative estimate of drug-likeness (QED) is 0.216. The number of hydrogen-bond acceptors (Lipinski definition) is 4. The molecule has 174 valence electrons. The lowest BCUT2D eigenvalue weighted by Gasteiger charge is -2.10. The Morgan fingerprint density at radius 3 is 2.50 bits per heavy atom. The zero-order valence-electron chi connectivity index (χ0n) is 18.1. The summed E-state index contributed by atoms with van der Waals surface area (Å²) in [4.78, 5) is 17.7. The van der Waals surface area contributed by atoms with Gasteiger partial charge in [0.05, 0.1) is 24.2 Å². The number of amidine groups is 1. The third-order valence-electron chi connectivity index (χ3n) is 4.93. The molecule has 1 fully saturated rings. The van der Waals surface area contributed by atoms with Crippen LogP contribution in [0.5, 0.6) is 5.75 Å². The Kier molecular flexibility index (Phi) is 8.30. The molecular weight excluding hydrogens is 670 g/mol. The van der Waals surface area contributed by atoms with Gasteiger partial charge in [-0.1, -0.05) is 51.3 Å². The lowest BCUT2D eigenvalue weighted by molar-refractivity contribution is -0.115. The molecule has 0 radical (unpaired) electrons. The maximum absolute atomic E-state index is 12.5. The molecule has 1 aliphatic rings. The van der Waals surface area contributed by atoms with E-state index in [1.165, 1.54) is 11.8 Å². The van der Waals surface area contributed by atoms with E-state index in [-0.39, 0.29) is 5.91 Å². The van der Waals surface area contributed by atoms with Gasteiger partial charge in [0.15, 0.2) is 5.17 Å². The van der Waals surface area contributed by atoms with Crippen LogP contribution < -0.4 is 10.1 Å². The van der Waals surface area contributed by atoms with E-state index in [1.54, 1.807) is 12.1 Å². The first-order chi connectivity index (χ1) is 16.2. The van der Waals surface area contributed by atoms with Gasteiger partial charge in [-0.05, 0) is 113 Å². The number of thioether (sulfide) groups is 1. The van der Waals surface area contributed by atoms with Crippen molar-refractivity contribution in [3.8, 4) is 5.75 Å². The number of aryl methyl sites for hydroxylation is 2. The molecule has 0 atom stereocenters. The van der Waals surface area contributed by atoms with Crippen molar-refractivity contribution in [2.24, 2.45) is 4.99 Å². The van der Waals surface area contributed by atoms with E-state index in [4.69, 9.17) is 27.9 Å². The molecule has 1 saturated heterocycles. The third-order valence-corrected chi connectivity index (χ3v) is 8.68. The first-order valence-corrected chi connectivity index (χ1v) is 13.6. The largest absolute Gasteiger partial charge is 0.488 e. The lowest BCUT2D eigenvalue weighted by atomic mass is 10.1. The minimum absolute atomic E-state index is 0.163. The fraction of sp³-hybridized carbons (Fsp3) is 0.120. The molecule has 1 heterocycles. The summed E-state index contributed by atoms with van der Waals surface area (Å²) in [5.74, 6) is 0.588. The Bertz CT molecular complexity index is 1340. The van der Waals surface area contributed by atoms with Gasteiger partial charge in [0.2, 0.25) is 0 Å². The van der Waals surface area contributed by atoms with Crippen molar-refractivity contribution in [3.63, 3.8) is 0 Å². The summed E-state index contributed by atoms with van der Waals surface area (Å²) in [6.07, 6.45) is 1.85. The maximum atomic E-state index is 12.5. The van der Waals surface area contributed by atoms with Gasteiger partial charge in [-0.15, -0.1) is 0 Å². The van der Waals surface area contributed by atoms with E-state index in [9.17, 15) is 4.79 Å². The van der Waals surface area contributed by atoms with Gasteiger partial charge in [-0.25, -0.2) is 4.99 Å². The van der Waals surface area contributed by atoms with Crippen LogP contribution in [-0.4, -0.2) is 11.1 Å². The highest BCUT2D eigenvalue weighted by Gasteiger charge is 2.24. The number of carbonyl (C=O) groups is 1. The van der Waals surface area contributed by atoms with Crippen LogP contribution in [0.1, 0.15) is 22.3 Å². The number of rotatable bonds is 5. The Morgan fingerprint density at radius 2 is 1.82 bits per heavy atom. The number of amides is 1. The van der Waals surface area contributed by atoms with Crippen molar-refractivity contribution in [1.29, 1.82) is 0 Å². The topological polar surface area (TPSA) is 50.7 Å². The van der Waals surface area contributed by atoms with Crippen molar-refractivity contribution in [3.05, 3.63) is 93.8 Å². The number of hydrogen-bond donors (Lipinski definition) is 1. The zero-order chi connectivity index (χ0) is 24.4. The van der Waals surface area contributed by atoms with Crippen LogP contribution >= 0.6 is 73.5 Å². The molecule has 0 unspecified atom stereocenters. The van der Waals surface area contributed by atoms with Crippen molar-refractivity contribution in [2.75, 3.05) is 0 Å². The van der Waals surface area contributed by atoms with E-state index >= 15 is 0 Å². The van der Waals surface area contributed by atoms with E-state index in [0.717, 1.165) is 41.7 Å². The number of nitrogens with one attached hydrogen (secondary N) is 1. The fourth-order valence-electron chi connectivity index (χ4n) is 3.25. The predicted octanol–water partition coefficient (Wildman–Crippen LogP) is 8.45. The average molecular weight is 688 g/mol. The Hall–Kier alpha value is -1.52. The highest BCUT2D eigenvalue weighted by atomic mass is 127. The second-order valence-electron chi connectivity index (χ2n) is 7.60. The van der Waals surface area contributed by atoms with Crippen LogP contribution in [0.3, 0.4) is 0 Å². The maximum Gasteiger partial charge on any atom is 0.264 e. The van der Waals surface area contributed by atoms with E-state index in [2.05, 4.69) is 48.8 Å². The van der Waals surface area contributed by atoms with E-state index < -0.39 is 0 Å². The molecule has 4 rings (SSSR count). The monoisotopic (exact) mass is 686 g/mol. The molecule has 0 aliphatic carbocycles. The number of carbonyl (C=O) groups excluding carboxylic acids is 1. The first kappa shape index (κ1) is 25.6. The summed E-state index contributed by atoms with van der Waals surface area (Å²) in [7, 11) is 0. The lowest BCUT2D eigenvalue weighted by Crippen LogP contribution is -2.19. The standard InChI is InChI=1S/C25H18BrCl2IN2O2S/c1-13-7-17(8-14(2)23(13)26)30-25-31-24(32)22(34-25)11-15-4-6-21(20(29)10-15)33-12-16-3-5-18(27)19(28)9-16/h3-11H,12H2,1-2H3,(H,30,31,32)/b22-11-. The predicted molar refractivity (Wildman–Crippen MR) is 154 cm³/mol. The number of nitrogens with zero attached hydrogens (tertiary/aromatic N) is 1. The molecule has 0 saturated carbocycles. The minimum Gasteiger partial charge on any atom is -0.488 e. The van der Waals surface area contributed by atoms with Gasteiger partial charge in [-0.2, -0.15) is 0 Å². The van der Waals surface area contributed by atoms with Gasteiger partial charge in [0.25, 0.3) is 5.91 Å². The summed E-state index contributed by atoms with van der Waals surface area (Å²) in [5.41, 5.74) is 4.83. The van der Waals surface area contributed by atoms with Gasteiger partial charge >= 0.3 is 0 Å². The number of halogens is 4. The molecule has 3 aromatic carbocycles. The summed E-state index contributed by atoms with van der Waals surface area (Å²) in [6, 6.07) is 15.2. The van der Waals surface area contributed by atoms with Gasteiger partial charge in [0, 0.05) is 4.47 Å². The summed E-state index contributed by atoms with van der Waals surface area (Å²) in [5, 5.41) is 4.43. The zero-order valence-corrected chi connectivity index (χ0v) is 24.2. The van der Waals surface area contributed by atoms with Gasteiger partial charge in [-0.3, -0.25) is 4.79 Å². The first-order valence-electron chi connectivity index (χ1n) is 10.1. The molecule has 4 nitrogen and oxygen atoms in total. The average Bonchev–Trinajstić information content (AvgIpc) is 3.12. The Morgan fingerprint density at radius 1 is 1.09 bits per heavy atom. The molecule has 0 aromatic heterocycles. The molecule has 0 bridgehead atoms. The molecule has 1 amide bonds. The van der Waals surface area contributed by atoms with Crippen LogP contribution in [-0.2, 0) is 11.4 Å². The smallest absolute Gasteiger partial charge is 0.264 e. The summed E-state index contributed by atoms with van der Waals surface area (Å²) in [6.45, 7) is 4.42. The molecule has 1 N–H and O–H groups in total. The highest BCUT2D eigenvalue weighted by Crippen LogP contribution is 2.32. The molecule has 3 aromatic rings. The Balaban J connectivity index is 1.46. The SMILES string of the molecule is Cc1cc(N=C2NC(=O)/C(=C/c3ccc(OCc4ccc(Cl)c(Cl)c4)c(I)c3)S2)cc(C)c1Br. The van der Waals surface area contributed by atoms with E-state index in [1.807, 2.05) is 56.3 Å². The van der Waals surface area contributed by atoms with Crippen LogP contribution in [0.4, 0.5) is 5.69 Å². The highest BCUT2D eigenvalue weighted by molar-refractivity contribution is 14.1. The van der Waals surface area contributed by atoms with Gasteiger partial charge < -0.3 is 10.1 Å². The third kappa shape index (κ3) is 6.18. The molecule has 9 heteroatoms. The second-order valence-corrected chi connectivity index (χ2v) is 11.4. The number of benzene rings is 3. The van der Waals surface area contributed by atoms with Crippen LogP contribution in [0, 0.1) is 17.4 Å². The van der Waals surface area contributed by atoms with E-state index in [0.29, 0.717) is 26.7 Å². The van der Waals surface area contributed by atoms with Crippen molar-refractivity contribution < 1.29 is 9.53 Å². The number of aliphatic imine (C=N–C) groups is 1. The van der Waals surface area contributed by atoms with Crippen LogP contribution in [0.25, 0.3) is 6.08 Å². The molecule has 0 spiro atoms. The molecular formula is C25H18BrCl2IN2O2S. The second kappa shape index (κ2) is 11.0. The van der Waals surface area contributed by atoms with Gasteiger partial charge in [0.1, 0.15) is 12.4 Å². The van der Waals surface area contributed by atoms with Crippen molar-refractivity contribution in [2.45, 2.75) is 20.5 Å². The number of ether oxygens (including phenoxy) is 1. The Labute approximate surface area is 234 Å². The fourth-order valence-corrected chi connectivity index (χ4v) is 5.34. The molecule has 1 aliphatic heterocycles. The molecule has 34 heavy (non-hydrogen) atoms. The summed E-state index contributed by atoms with van der Waals surface area (Å²) < 4.78 is 7.94.